The summed E-state index contributed by atoms with van der Waals surface area (Å²) in [6, 6.07) is 29.8. The Bertz CT molecular complexity index is 1350. The Labute approximate surface area is 194 Å². The molecule has 0 N–H and O–H groups in total. The Morgan fingerprint density at radius 2 is 1.33 bits per heavy atom. The Kier molecular flexibility index (Phi) is 5.07. The number of ketones is 1. The molecule has 2 heteroatoms. The second-order valence-electron chi connectivity index (χ2n) is 9.02. The Morgan fingerprint density at radius 3 is 2.03 bits per heavy atom. The van der Waals surface area contributed by atoms with Crippen LogP contribution in [0.5, 0.6) is 0 Å². The molecule has 0 atom stereocenters. The Balaban J connectivity index is 1.46. The molecule has 2 aliphatic rings. The first-order chi connectivity index (χ1) is 16.3. The van der Waals surface area contributed by atoms with Crippen molar-refractivity contribution in [2.75, 3.05) is 0 Å². The lowest BCUT2D eigenvalue weighted by Gasteiger charge is -2.27. The second-order valence-corrected chi connectivity index (χ2v) is 9.02. The topological polar surface area (TPSA) is 20.5 Å². The maximum absolute atomic E-state index is 6.54. The van der Waals surface area contributed by atoms with Gasteiger partial charge in [0.05, 0.1) is 24.5 Å². The molecule has 1 heterocycles. The van der Waals surface area contributed by atoms with Gasteiger partial charge in [0.1, 0.15) is 5.76 Å². The number of rotatable bonds is 3. The molecule has 0 unspecified atom stereocenters. The van der Waals surface area contributed by atoms with Crippen molar-refractivity contribution in [1.29, 1.82) is 0 Å². The fraction of sp³-hybridized carbons (Fsp3) is 0.194. The van der Waals surface area contributed by atoms with Crippen LogP contribution in [0.25, 0.3) is 27.6 Å². The summed E-state index contributed by atoms with van der Waals surface area (Å²) in [6.45, 7) is 0. The number of benzene rings is 4. The molecule has 33 heavy (non-hydrogen) atoms. The lowest BCUT2D eigenvalue weighted by molar-refractivity contribution is -0.486. The van der Waals surface area contributed by atoms with Crippen LogP contribution in [0.3, 0.4) is 0 Å². The van der Waals surface area contributed by atoms with E-state index in [2.05, 4.69) is 91.0 Å². The third-order valence-electron chi connectivity index (χ3n) is 6.77. The fourth-order valence-electron chi connectivity index (χ4n) is 5.14. The molecule has 162 valence electrons. The lowest BCUT2D eigenvalue weighted by atomic mass is 9.93. The van der Waals surface area contributed by atoms with Crippen molar-refractivity contribution in [3.8, 4) is 0 Å². The molecule has 1 aliphatic heterocycles. The van der Waals surface area contributed by atoms with Crippen LogP contribution in [-0.2, 0) is 4.74 Å². The number of ether oxygens (including phenoxy) is 1. The second kappa shape index (κ2) is 8.37. The Morgan fingerprint density at radius 1 is 0.697 bits per heavy atom. The molecular weight excluding hydrogens is 404 g/mol. The van der Waals surface area contributed by atoms with Crippen molar-refractivity contribution in [1.82, 2.24) is 0 Å². The lowest BCUT2D eigenvalue weighted by Crippen LogP contribution is -2.36. The number of hydrogen-bond donors (Lipinski definition) is 0. The van der Waals surface area contributed by atoms with Crippen LogP contribution >= 0.6 is 0 Å². The molecule has 6 rings (SSSR count). The third-order valence-corrected chi connectivity index (χ3v) is 6.77. The highest BCUT2D eigenvalue weighted by Gasteiger charge is 2.48. The maximum Gasteiger partial charge on any atom is 0.429 e. The van der Waals surface area contributed by atoms with Crippen molar-refractivity contribution in [3.05, 3.63) is 114 Å². The van der Waals surface area contributed by atoms with E-state index in [9.17, 15) is 0 Å². The van der Waals surface area contributed by atoms with Crippen LogP contribution in [0.4, 0.5) is 0 Å². The Hall–Kier alpha value is -3.65. The number of hydrogen-bond acceptors (Lipinski definition) is 1. The highest BCUT2D eigenvalue weighted by atomic mass is 16.7. The van der Waals surface area contributed by atoms with Gasteiger partial charge in [-0.3, -0.25) is 0 Å². The van der Waals surface area contributed by atoms with Gasteiger partial charge in [0.15, 0.2) is 0 Å². The summed E-state index contributed by atoms with van der Waals surface area (Å²) < 4.78 is 13.1. The van der Waals surface area contributed by atoms with Gasteiger partial charge in [0.25, 0.3) is 0 Å². The van der Waals surface area contributed by atoms with Crippen LogP contribution in [0.1, 0.15) is 47.7 Å². The highest BCUT2D eigenvalue weighted by molar-refractivity contribution is 6.07. The van der Waals surface area contributed by atoms with Crippen molar-refractivity contribution in [3.63, 3.8) is 0 Å². The largest absolute Gasteiger partial charge is 0.429 e. The summed E-state index contributed by atoms with van der Waals surface area (Å²) in [7, 11) is 0. The summed E-state index contributed by atoms with van der Waals surface area (Å²) in [5, 5.41) is 5.00. The van der Waals surface area contributed by atoms with E-state index < -0.39 is 5.79 Å². The molecule has 1 spiro atoms. The van der Waals surface area contributed by atoms with Crippen molar-refractivity contribution >= 4 is 33.4 Å². The first kappa shape index (κ1) is 20.0. The van der Waals surface area contributed by atoms with E-state index in [1.807, 2.05) is 12.1 Å². The zero-order chi connectivity index (χ0) is 22.1. The quantitative estimate of drug-likeness (QED) is 0.238. The molecule has 1 aliphatic carbocycles. The van der Waals surface area contributed by atoms with E-state index in [0.29, 0.717) is 0 Å². The molecule has 0 bridgehead atoms. The first-order valence-electron chi connectivity index (χ1n) is 11.9. The molecule has 0 radical (unpaired) electrons. The average molecular weight is 432 g/mol. The van der Waals surface area contributed by atoms with Crippen LogP contribution in [0, 0.1) is 0 Å². The third kappa shape index (κ3) is 3.87. The van der Waals surface area contributed by atoms with Crippen molar-refractivity contribution < 1.29 is 9.16 Å². The molecule has 0 saturated heterocycles. The minimum absolute atomic E-state index is 0.557. The predicted molar refractivity (Wildman–Crippen MR) is 136 cm³/mol. The molecule has 0 amide bonds. The van der Waals surface area contributed by atoms with Crippen LogP contribution in [0.15, 0.2) is 103 Å². The summed E-state index contributed by atoms with van der Waals surface area (Å²) in [5.41, 5.74) is 2.31. The minimum Gasteiger partial charge on any atom is -0.409 e. The SMILES string of the molecule is C1=C(/C=C/c2c3ccccc3cc3ccccc23)OC2(CCCCC2)[O+]=C1c1ccccc1. The summed E-state index contributed by atoms with van der Waals surface area (Å²) >= 11 is 0. The molecule has 1 saturated carbocycles. The minimum atomic E-state index is -0.557. The standard InChI is InChI=1S/C31H27O2/c1-3-11-23(12-4-1)30-22-26(32-31(33-30)19-9-2-10-20-31)17-18-29-27-15-7-5-13-24(27)21-25-14-6-8-16-28(25)29/h1,3-8,11-18,21-22H,2,9-10,19-20H2/q+1/b18-17+. The van der Waals surface area contributed by atoms with Gasteiger partial charge < -0.3 is 4.74 Å². The average Bonchev–Trinajstić information content (AvgIpc) is 2.87. The van der Waals surface area contributed by atoms with Crippen LogP contribution in [0.2, 0.25) is 0 Å². The van der Waals surface area contributed by atoms with E-state index >= 15 is 0 Å². The van der Waals surface area contributed by atoms with Crippen molar-refractivity contribution in [2.24, 2.45) is 0 Å². The monoisotopic (exact) mass is 431 g/mol. The molecule has 1 fully saturated rings. The zero-order valence-electron chi connectivity index (χ0n) is 18.7. The molecule has 2 nitrogen and oxygen atoms in total. The van der Waals surface area contributed by atoms with Gasteiger partial charge in [-0.1, -0.05) is 79.2 Å². The van der Waals surface area contributed by atoms with E-state index in [0.717, 1.165) is 42.8 Å². The van der Waals surface area contributed by atoms with E-state index in [4.69, 9.17) is 9.16 Å². The number of carbonyl (C=O) groups excluding carboxylic acids is 1. The predicted octanol–water partition coefficient (Wildman–Crippen LogP) is 8.00. The zero-order valence-corrected chi connectivity index (χ0v) is 18.7. The van der Waals surface area contributed by atoms with Gasteiger partial charge in [-0.05, 0) is 64.2 Å². The number of fused-ring (bicyclic) bond motifs is 2. The fourth-order valence-corrected chi connectivity index (χ4v) is 5.14. The summed E-state index contributed by atoms with van der Waals surface area (Å²) in [4.78, 5) is 0. The first-order valence-corrected chi connectivity index (χ1v) is 11.9. The highest BCUT2D eigenvalue weighted by Crippen LogP contribution is 2.38. The van der Waals surface area contributed by atoms with Gasteiger partial charge in [0, 0.05) is 0 Å². The molecule has 0 aromatic heterocycles. The molecule has 4 aromatic rings. The summed E-state index contributed by atoms with van der Waals surface area (Å²) in [5.74, 6) is 1.20. The number of allylic oxidation sites excluding steroid dienone is 2. The smallest absolute Gasteiger partial charge is 0.409 e. The van der Waals surface area contributed by atoms with E-state index in [1.165, 1.54) is 33.5 Å². The van der Waals surface area contributed by atoms with Gasteiger partial charge in [0.2, 0.25) is 0 Å². The summed E-state index contributed by atoms with van der Waals surface area (Å²) in [6.07, 6.45) is 11.7. The van der Waals surface area contributed by atoms with Crippen LogP contribution in [-0.4, -0.2) is 11.6 Å². The normalized spacial score (nSPS) is 17.8. The van der Waals surface area contributed by atoms with E-state index in [1.54, 1.807) is 0 Å². The van der Waals surface area contributed by atoms with Crippen LogP contribution < -0.4 is 0 Å². The van der Waals surface area contributed by atoms with E-state index in [-0.39, 0.29) is 0 Å². The molecular formula is C31H27O2+. The van der Waals surface area contributed by atoms with Gasteiger partial charge in [-0.25, -0.2) is 4.42 Å². The van der Waals surface area contributed by atoms with Crippen molar-refractivity contribution in [2.45, 2.75) is 37.9 Å². The van der Waals surface area contributed by atoms with Gasteiger partial charge in [-0.2, -0.15) is 0 Å². The van der Waals surface area contributed by atoms with Gasteiger partial charge in [-0.15, -0.1) is 0 Å². The maximum atomic E-state index is 6.54. The van der Waals surface area contributed by atoms with Gasteiger partial charge >= 0.3 is 11.6 Å². The molecule has 4 aromatic carbocycles.